The van der Waals surface area contributed by atoms with Crippen molar-refractivity contribution in [1.29, 1.82) is 0 Å². The molecule has 0 unspecified atom stereocenters. The third-order valence-corrected chi connectivity index (χ3v) is 3.93. The lowest BCUT2D eigenvalue weighted by Gasteiger charge is -2.14. The van der Waals surface area contributed by atoms with Crippen molar-refractivity contribution in [2.24, 2.45) is 0 Å². The first kappa shape index (κ1) is 21.9. The lowest BCUT2D eigenvalue weighted by Crippen LogP contribution is -2.30. The molecular formula is C22H26N2O5. The molecule has 2 aromatic rings. The van der Waals surface area contributed by atoms with Gasteiger partial charge in [-0.25, -0.2) is 0 Å². The number of nitrogens with one attached hydrogen (secondary N) is 2. The van der Waals surface area contributed by atoms with E-state index < -0.39 is 18.0 Å². The number of carbonyl (C=O) groups is 3. The van der Waals surface area contributed by atoms with Crippen LogP contribution in [-0.2, 0) is 19.1 Å². The van der Waals surface area contributed by atoms with Gasteiger partial charge in [0.25, 0.3) is 5.91 Å². The second kappa shape index (κ2) is 10.8. The van der Waals surface area contributed by atoms with Gasteiger partial charge in [-0.2, -0.15) is 0 Å². The van der Waals surface area contributed by atoms with Crippen LogP contribution in [0.4, 0.5) is 11.4 Å². The Balaban J connectivity index is 1.69. The number of ether oxygens (including phenoxy) is 2. The van der Waals surface area contributed by atoms with Crippen LogP contribution in [0.15, 0.2) is 48.5 Å². The number of anilines is 2. The second-order valence-electron chi connectivity index (χ2n) is 6.65. The van der Waals surface area contributed by atoms with E-state index in [4.69, 9.17) is 9.47 Å². The van der Waals surface area contributed by atoms with Gasteiger partial charge in [-0.3, -0.25) is 14.4 Å². The fourth-order valence-corrected chi connectivity index (χ4v) is 2.51. The van der Waals surface area contributed by atoms with Gasteiger partial charge in [0.05, 0.1) is 6.61 Å². The van der Waals surface area contributed by atoms with E-state index in [0.29, 0.717) is 24.4 Å². The molecular weight excluding hydrogens is 372 g/mol. The second-order valence-corrected chi connectivity index (χ2v) is 6.65. The summed E-state index contributed by atoms with van der Waals surface area (Å²) in [4.78, 5) is 35.1. The predicted octanol–water partition coefficient (Wildman–Crippen LogP) is 3.68. The normalized spacial score (nSPS) is 11.3. The largest absolute Gasteiger partial charge is 0.494 e. The molecule has 0 saturated heterocycles. The van der Waals surface area contributed by atoms with Gasteiger partial charge >= 0.3 is 5.97 Å². The van der Waals surface area contributed by atoms with Gasteiger partial charge in [0.1, 0.15) is 5.75 Å². The summed E-state index contributed by atoms with van der Waals surface area (Å²) in [5.74, 6) is -0.301. The summed E-state index contributed by atoms with van der Waals surface area (Å²) in [6.45, 7) is 5.30. The van der Waals surface area contributed by atoms with Crippen LogP contribution in [0.5, 0.6) is 5.75 Å². The highest BCUT2D eigenvalue weighted by Gasteiger charge is 2.17. The lowest BCUT2D eigenvalue weighted by molar-refractivity contribution is -0.153. The van der Waals surface area contributed by atoms with Crippen LogP contribution >= 0.6 is 0 Å². The van der Waals surface area contributed by atoms with E-state index in [-0.39, 0.29) is 12.3 Å². The first-order valence-electron chi connectivity index (χ1n) is 9.41. The van der Waals surface area contributed by atoms with Crippen LogP contribution in [0.25, 0.3) is 0 Å². The summed E-state index contributed by atoms with van der Waals surface area (Å²) in [5.41, 5.74) is 2.27. The van der Waals surface area contributed by atoms with Crippen molar-refractivity contribution in [2.45, 2.75) is 39.7 Å². The van der Waals surface area contributed by atoms with E-state index in [1.54, 1.807) is 24.3 Å². The third kappa shape index (κ3) is 8.04. The van der Waals surface area contributed by atoms with Gasteiger partial charge < -0.3 is 20.1 Å². The van der Waals surface area contributed by atoms with E-state index in [2.05, 4.69) is 10.6 Å². The summed E-state index contributed by atoms with van der Waals surface area (Å²) < 4.78 is 10.8. The molecule has 154 valence electrons. The minimum absolute atomic E-state index is 0.162. The van der Waals surface area contributed by atoms with Crippen molar-refractivity contribution in [2.75, 3.05) is 17.2 Å². The number of aryl methyl sites for hydroxylation is 1. The summed E-state index contributed by atoms with van der Waals surface area (Å²) >= 11 is 0. The highest BCUT2D eigenvalue weighted by molar-refractivity contribution is 5.95. The van der Waals surface area contributed by atoms with E-state index >= 15 is 0 Å². The highest BCUT2D eigenvalue weighted by Crippen LogP contribution is 2.15. The average Bonchev–Trinajstić information content (AvgIpc) is 2.66. The summed E-state index contributed by atoms with van der Waals surface area (Å²) in [7, 11) is 0. The SMILES string of the molecule is CC(=O)Nc1ccc(NC(=O)[C@@H](C)OC(=O)CCCOc2cccc(C)c2)cc1. The predicted molar refractivity (Wildman–Crippen MR) is 111 cm³/mol. The Morgan fingerprint density at radius 1 is 1.00 bits per heavy atom. The van der Waals surface area contributed by atoms with Crippen LogP contribution in [-0.4, -0.2) is 30.5 Å². The van der Waals surface area contributed by atoms with Crippen molar-refractivity contribution in [3.05, 3.63) is 54.1 Å². The first-order valence-corrected chi connectivity index (χ1v) is 9.41. The van der Waals surface area contributed by atoms with Crippen LogP contribution in [0.2, 0.25) is 0 Å². The fraction of sp³-hybridized carbons (Fsp3) is 0.318. The van der Waals surface area contributed by atoms with Crippen molar-refractivity contribution in [3.8, 4) is 5.75 Å². The van der Waals surface area contributed by atoms with E-state index in [9.17, 15) is 14.4 Å². The molecule has 0 fully saturated rings. The monoisotopic (exact) mass is 398 g/mol. The Kier molecular flexibility index (Phi) is 8.21. The Bertz CT molecular complexity index is 849. The Hall–Kier alpha value is -3.35. The standard InChI is InChI=1S/C22H26N2O5/c1-15-6-4-7-20(14-15)28-13-5-8-21(26)29-16(2)22(27)24-19-11-9-18(10-12-19)23-17(3)25/h4,6-7,9-12,14,16H,5,8,13H2,1-3H3,(H,23,25)(H,24,27)/t16-/m1/s1. The molecule has 0 heterocycles. The molecule has 1 atom stereocenters. The minimum Gasteiger partial charge on any atom is -0.494 e. The quantitative estimate of drug-likeness (QED) is 0.496. The Labute approximate surface area is 170 Å². The van der Waals surface area contributed by atoms with Gasteiger partial charge in [0.15, 0.2) is 6.10 Å². The number of carbonyl (C=O) groups excluding carboxylic acids is 3. The van der Waals surface area contributed by atoms with E-state index in [1.165, 1.54) is 13.8 Å². The summed E-state index contributed by atoms with van der Waals surface area (Å²) in [6, 6.07) is 14.3. The molecule has 0 aliphatic heterocycles. The minimum atomic E-state index is -0.921. The lowest BCUT2D eigenvalue weighted by atomic mass is 10.2. The molecule has 7 heteroatoms. The molecule has 29 heavy (non-hydrogen) atoms. The van der Waals surface area contributed by atoms with Gasteiger partial charge in [-0.15, -0.1) is 0 Å². The zero-order valence-corrected chi connectivity index (χ0v) is 16.9. The molecule has 0 aromatic heterocycles. The smallest absolute Gasteiger partial charge is 0.306 e. The Morgan fingerprint density at radius 3 is 2.28 bits per heavy atom. The molecule has 2 aromatic carbocycles. The number of hydrogen-bond donors (Lipinski definition) is 2. The molecule has 0 aliphatic carbocycles. The number of benzene rings is 2. The van der Waals surface area contributed by atoms with Crippen molar-refractivity contribution in [3.63, 3.8) is 0 Å². The molecule has 0 spiro atoms. The van der Waals surface area contributed by atoms with Crippen LogP contribution in [0.1, 0.15) is 32.3 Å². The molecule has 0 saturated carbocycles. The summed E-state index contributed by atoms with van der Waals surface area (Å²) in [6.07, 6.45) is -0.268. The molecule has 0 radical (unpaired) electrons. The van der Waals surface area contributed by atoms with Crippen molar-refractivity contribution in [1.82, 2.24) is 0 Å². The number of amides is 2. The maximum Gasteiger partial charge on any atom is 0.306 e. The maximum absolute atomic E-state index is 12.2. The molecule has 2 rings (SSSR count). The maximum atomic E-state index is 12.2. The number of hydrogen-bond acceptors (Lipinski definition) is 5. The fourth-order valence-electron chi connectivity index (χ4n) is 2.51. The van der Waals surface area contributed by atoms with Gasteiger partial charge in [-0.05, 0) is 62.2 Å². The third-order valence-electron chi connectivity index (χ3n) is 3.93. The van der Waals surface area contributed by atoms with Crippen molar-refractivity contribution >= 4 is 29.2 Å². The van der Waals surface area contributed by atoms with Crippen molar-refractivity contribution < 1.29 is 23.9 Å². The average molecular weight is 398 g/mol. The van der Waals surface area contributed by atoms with Crippen LogP contribution in [0.3, 0.4) is 0 Å². The van der Waals surface area contributed by atoms with Crippen LogP contribution in [0, 0.1) is 6.92 Å². The number of esters is 1. The molecule has 2 amide bonds. The van der Waals surface area contributed by atoms with E-state index in [1.807, 2.05) is 31.2 Å². The van der Waals surface area contributed by atoms with E-state index in [0.717, 1.165) is 11.3 Å². The van der Waals surface area contributed by atoms with Gasteiger partial charge in [0.2, 0.25) is 5.91 Å². The topological polar surface area (TPSA) is 93.7 Å². The first-order chi connectivity index (χ1) is 13.8. The number of rotatable bonds is 9. The highest BCUT2D eigenvalue weighted by atomic mass is 16.5. The molecule has 7 nitrogen and oxygen atoms in total. The molecule has 0 bridgehead atoms. The van der Waals surface area contributed by atoms with Gasteiger partial charge in [-0.1, -0.05) is 12.1 Å². The molecule has 2 N–H and O–H groups in total. The summed E-state index contributed by atoms with van der Waals surface area (Å²) in [5, 5.41) is 5.31. The van der Waals surface area contributed by atoms with Gasteiger partial charge in [0, 0.05) is 24.7 Å². The zero-order chi connectivity index (χ0) is 21.2. The zero-order valence-electron chi connectivity index (χ0n) is 16.9. The Morgan fingerprint density at radius 2 is 1.66 bits per heavy atom. The van der Waals surface area contributed by atoms with Crippen LogP contribution < -0.4 is 15.4 Å². The molecule has 0 aliphatic rings.